The van der Waals surface area contributed by atoms with E-state index in [0.717, 1.165) is 17.7 Å². The zero-order valence-electron chi connectivity index (χ0n) is 13.9. The summed E-state index contributed by atoms with van der Waals surface area (Å²) in [4.78, 5) is 32.6. The molecule has 0 aliphatic heterocycles. The van der Waals surface area contributed by atoms with Crippen LogP contribution in [0.5, 0.6) is 0 Å². The average molecular weight is 330 g/mol. The summed E-state index contributed by atoms with van der Waals surface area (Å²) >= 11 is 0. The highest BCUT2D eigenvalue weighted by atomic mass is 16.5. The van der Waals surface area contributed by atoms with Gasteiger partial charge in [0, 0.05) is 6.54 Å². The summed E-state index contributed by atoms with van der Waals surface area (Å²) < 4.78 is 4.47. The number of rotatable bonds is 7. The number of hydrogen-bond acceptors (Lipinski definition) is 4. The van der Waals surface area contributed by atoms with Crippen LogP contribution in [0, 0.1) is 0 Å². The van der Waals surface area contributed by atoms with Crippen LogP contribution >= 0.6 is 0 Å². The molecule has 0 bridgehead atoms. The Hall–Kier alpha value is -2.83. The van der Waals surface area contributed by atoms with Crippen LogP contribution in [0.25, 0.3) is 11.3 Å². The fraction of sp³-hybridized carbons (Fsp3) is 0.353. The molecule has 2 aromatic rings. The highest BCUT2D eigenvalue weighted by molar-refractivity contribution is 5.82. The monoisotopic (exact) mass is 330 g/mol. The van der Waals surface area contributed by atoms with E-state index in [1.54, 1.807) is 11.1 Å². The second-order valence-electron chi connectivity index (χ2n) is 5.27. The number of imidazole rings is 1. The number of carbonyl (C=O) groups excluding carboxylic acids is 2. The number of aromatic nitrogens is 2. The molecule has 1 heterocycles. The highest BCUT2D eigenvalue weighted by Gasteiger charge is 2.16. The fourth-order valence-corrected chi connectivity index (χ4v) is 2.28. The minimum absolute atomic E-state index is 0.0983. The maximum atomic E-state index is 12.2. The van der Waals surface area contributed by atoms with Crippen molar-refractivity contribution < 1.29 is 14.3 Å². The van der Waals surface area contributed by atoms with Crippen LogP contribution in [0.4, 0.5) is 4.79 Å². The molecule has 0 radical (unpaired) electrons. The van der Waals surface area contributed by atoms with Crippen molar-refractivity contribution in [3.05, 3.63) is 42.4 Å². The van der Waals surface area contributed by atoms with Gasteiger partial charge in [-0.05, 0) is 12.0 Å². The SMILES string of the molecule is CCCN(Cc1ncc(-c2ccccc2)[nH]1)C(=O)CNC(=O)OC. The van der Waals surface area contributed by atoms with E-state index in [4.69, 9.17) is 0 Å². The van der Waals surface area contributed by atoms with Gasteiger partial charge in [0.1, 0.15) is 12.4 Å². The fourth-order valence-electron chi connectivity index (χ4n) is 2.28. The van der Waals surface area contributed by atoms with E-state index in [1.165, 1.54) is 7.11 Å². The number of benzene rings is 1. The number of amides is 2. The molecule has 0 saturated carbocycles. The molecule has 0 unspecified atom stereocenters. The van der Waals surface area contributed by atoms with E-state index < -0.39 is 6.09 Å². The first-order valence-electron chi connectivity index (χ1n) is 7.83. The van der Waals surface area contributed by atoms with Crippen LogP contribution in [-0.4, -0.2) is 47.1 Å². The first kappa shape index (κ1) is 17.5. The molecule has 0 saturated heterocycles. The zero-order chi connectivity index (χ0) is 17.4. The number of carbonyl (C=O) groups is 2. The summed E-state index contributed by atoms with van der Waals surface area (Å²) in [6.45, 7) is 2.84. The van der Waals surface area contributed by atoms with Crippen molar-refractivity contribution in [2.24, 2.45) is 0 Å². The lowest BCUT2D eigenvalue weighted by Crippen LogP contribution is -2.40. The smallest absolute Gasteiger partial charge is 0.407 e. The first-order valence-corrected chi connectivity index (χ1v) is 7.83. The third-order valence-corrected chi connectivity index (χ3v) is 3.47. The molecule has 1 aromatic carbocycles. The van der Waals surface area contributed by atoms with E-state index in [0.29, 0.717) is 18.9 Å². The van der Waals surface area contributed by atoms with E-state index in [9.17, 15) is 9.59 Å². The van der Waals surface area contributed by atoms with Gasteiger partial charge in [0.15, 0.2) is 0 Å². The molecule has 128 valence electrons. The number of hydrogen-bond donors (Lipinski definition) is 2. The molecule has 0 aliphatic rings. The van der Waals surface area contributed by atoms with Gasteiger partial charge >= 0.3 is 6.09 Å². The number of methoxy groups -OCH3 is 1. The normalized spacial score (nSPS) is 10.2. The second kappa shape index (κ2) is 8.71. The summed E-state index contributed by atoms with van der Waals surface area (Å²) in [6.07, 6.45) is 1.95. The molecule has 7 nitrogen and oxygen atoms in total. The molecule has 0 aliphatic carbocycles. The van der Waals surface area contributed by atoms with Gasteiger partial charge in [-0.25, -0.2) is 9.78 Å². The summed E-state index contributed by atoms with van der Waals surface area (Å²) in [5.74, 6) is 0.522. The predicted octanol–water partition coefficient (Wildman–Crippen LogP) is 2.17. The molecule has 0 atom stereocenters. The number of aromatic amines is 1. The molecule has 7 heteroatoms. The Morgan fingerprint density at radius 3 is 2.71 bits per heavy atom. The van der Waals surface area contributed by atoms with Gasteiger partial charge in [-0.2, -0.15) is 0 Å². The van der Waals surface area contributed by atoms with Crippen LogP contribution < -0.4 is 5.32 Å². The Balaban J connectivity index is 2.01. The largest absolute Gasteiger partial charge is 0.453 e. The maximum absolute atomic E-state index is 12.2. The number of H-pyrrole nitrogens is 1. The summed E-state index contributed by atoms with van der Waals surface area (Å²) in [7, 11) is 1.26. The lowest BCUT2D eigenvalue weighted by atomic mass is 10.2. The Morgan fingerprint density at radius 1 is 1.29 bits per heavy atom. The van der Waals surface area contributed by atoms with Crippen LogP contribution in [0.15, 0.2) is 36.5 Å². The van der Waals surface area contributed by atoms with E-state index in [-0.39, 0.29) is 12.5 Å². The van der Waals surface area contributed by atoms with E-state index >= 15 is 0 Å². The van der Waals surface area contributed by atoms with Crippen LogP contribution in [-0.2, 0) is 16.1 Å². The first-order chi connectivity index (χ1) is 11.6. The van der Waals surface area contributed by atoms with Crippen molar-refractivity contribution in [2.45, 2.75) is 19.9 Å². The number of ether oxygens (including phenoxy) is 1. The molecule has 24 heavy (non-hydrogen) atoms. The van der Waals surface area contributed by atoms with Crippen molar-refractivity contribution in [3.63, 3.8) is 0 Å². The van der Waals surface area contributed by atoms with Gasteiger partial charge in [0.25, 0.3) is 0 Å². The van der Waals surface area contributed by atoms with Gasteiger partial charge in [0.2, 0.25) is 5.91 Å². The van der Waals surface area contributed by atoms with Crippen LogP contribution in [0.2, 0.25) is 0 Å². The van der Waals surface area contributed by atoms with Gasteiger partial charge in [-0.1, -0.05) is 37.3 Å². The summed E-state index contributed by atoms with van der Waals surface area (Å²) in [5, 5.41) is 2.40. The average Bonchev–Trinajstić information content (AvgIpc) is 3.08. The van der Waals surface area contributed by atoms with Gasteiger partial charge < -0.3 is 19.9 Å². The highest BCUT2D eigenvalue weighted by Crippen LogP contribution is 2.16. The van der Waals surface area contributed by atoms with E-state index in [2.05, 4.69) is 20.0 Å². The standard InChI is InChI=1S/C17H22N4O3/c1-3-9-21(16(22)11-19-17(23)24-2)12-15-18-10-14(20-15)13-7-5-4-6-8-13/h4-8,10H,3,9,11-12H2,1-2H3,(H,18,20)(H,19,23). The Labute approximate surface area is 141 Å². The van der Waals surface area contributed by atoms with Crippen molar-refractivity contribution >= 4 is 12.0 Å². The van der Waals surface area contributed by atoms with E-state index in [1.807, 2.05) is 37.3 Å². The third kappa shape index (κ3) is 4.84. The molecule has 0 fully saturated rings. The lowest BCUT2D eigenvalue weighted by molar-refractivity contribution is -0.130. The van der Waals surface area contributed by atoms with Crippen LogP contribution in [0.3, 0.4) is 0 Å². The predicted molar refractivity (Wildman–Crippen MR) is 90.1 cm³/mol. The molecule has 2 amide bonds. The van der Waals surface area contributed by atoms with Gasteiger partial charge in [0.05, 0.1) is 25.5 Å². The topological polar surface area (TPSA) is 87.3 Å². The molecule has 2 N–H and O–H groups in total. The number of alkyl carbamates (subject to hydrolysis) is 1. The quantitative estimate of drug-likeness (QED) is 0.814. The minimum atomic E-state index is -0.621. The zero-order valence-corrected chi connectivity index (χ0v) is 13.9. The third-order valence-electron chi connectivity index (χ3n) is 3.47. The van der Waals surface area contributed by atoms with Crippen molar-refractivity contribution in [1.82, 2.24) is 20.2 Å². The van der Waals surface area contributed by atoms with Crippen molar-refractivity contribution in [2.75, 3.05) is 20.2 Å². The Bertz CT molecular complexity index is 669. The van der Waals surface area contributed by atoms with Gasteiger partial charge in [-0.15, -0.1) is 0 Å². The minimum Gasteiger partial charge on any atom is -0.453 e. The molecule has 1 aromatic heterocycles. The summed E-state index contributed by atoms with van der Waals surface area (Å²) in [6, 6.07) is 9.86. The lowest BCUT2D eigenvalue weighted by Gasteiger charge is -2.21. The molecule has 0 spiro atoms. The molecular weight excluding hydrogens is 308 g/mol. The Morgan fingerprint density at radius 2 is 2.04 bits per heavy atom. The second-order valence-corrected chi connectivity index (χ2v) is 5.27. The van der Waals surface area contributed by atoms with Crippen molar-refractivity contribution in [1.29, 1.82) is 0 Å². The number of nitrogens with zero attached hydrogens (tertiary/aromatic N) is 2. The maximum Gasteiger partial charge on any atom is 0.407 e. The van der Waals surface area contributed by atoms with Crippen LogP contribution in [0.1, 0.15) is 19.2 Å². The molecular formula is C17H22N4O3. The molecule has 2 rings (SSSR count). The van der Waals surface area contributed by atoms with Gasteiger partial charge in [-0.3, -0.25) is 4.79 Å². The van der Waals surface area contributed by atoms with Crippen molar-refractivity contribution in [3.8, 4) is 11.3 Å². The Kier molecular flexibility index (Phi) is 6.36. The summed E-state index contributed by atoms with van der Waals surface area (Å²) in [5.41, 5.74) is 1.94. The number of nitrogens with one attached hydrogen (secondary N) is 2.